The number of nitrogens with two attached hydrogens (primary N) is 1. The molecule has 94 valence electrons. The van der Waals surface area contributed by atoms with Crippen molar-refractivity contribution < 1.29 is 0 Å². The molecule has 0 amide bonds. The van der Waals surface area contributed by atoms with Gasteiger partial charge in [-0.1, -0.05) is 0 Å². The lowest BCUT2D eigenvalue weighted by atomic mass is 10.4. The minimum Gasteiger partial charge on any atom is -0.382 e. The zero-order valence-electron chi connectivity index (χ0n) is 9.91. The zero-order valence-corrected chi connectivity index (χ0v) is 9.91. The van der Waals surface area contributed by atoms with Crippen LogP contribution in [0.15, 0.2) is 34.2 Å². The Hall–Kier alpha value is -2.44. The van der Waals surface area contributed by atoms with Crippen LogP contribution in [0.1, 0.15) is 12.6 Å². The molecule has 0 saturated carbocycles. The number of aryl methyl sites for hydroxylation is 1. The predicted molar refractivity (Wildman–Crippen MR) is 66.2 cm³/mol. The Balaban J connectivity index is 2.43. The number of rotatable bonds is 3. The Labute approximate surface area is 103 Å². The highest BCUT2D eigenvalue weighted by Crippen LogP contribution is 1.96. The van der Waals surface area contributed by atoms with Gasteiger partial charge in [0.25, 0.3) is 5.56 Å². The van der Waals surface area contributed by atoms with E-state index in [-0.39, 0.29) is 17.8 Å². The van der Waals surface area contributed by atoms with Gasteiger partial charge in [-0.25, -0.2) is 9.78 Å². The molecule has 0 saturated heterocycles. The molecule has 0 aliphatic carbocycles. The van der Waals surface area contributed by atoms with Gasteiger partial charge in [0.2, 0.25) is 0 Å². The van der Waals surface area contributed by atoms with Gasteiger partial charge in [-0.3, -0.25) is 14.3 Å². The summed E-state index contributed by atoms with van der Waals surface area (Å²) < 4.78 is 2.57. The number of aromatic nitrogens is 4. The van der Waals surface area contributed by atoms with Crippen LogP contribution in [0, 0.1) is 0 Å². The van der Waals surface area contributed by atoms with E-state index in [1.807, 2.05) is 6.92 Å². The second-order valence-electron chi connectivity index (χ2n) is 3.74. The SMILES string of the molecule is CCn1ccc(=O)n(Cc2cnc(N)cn2)c1=O. The quantitative estimate of drug-likeness (QED) is 0.785. The van der Waals surface area contributed by atoms with Gasteiger partial charge in [-0.05, 0) is 6.92 Å². The maximum atomic E-state index is 11.9. The maximum Gasteiger partial charge on any atom is 0.331 e. The fraction of sp³-hybridized carbons (Fsp3) is 0.273. The fourth-order valence-corrected chi connectivity index (χ4v) is 1.55. The van der Waals surface area contributed by atoms with Crippen LogP contribution in [0.5, 0.6) is 0 Å². The molecule has 7 heteroatoms. The highest BCUT2D eigenvalue weighted by molar-refractivity contribution is 5.22. The summed E-state index contributed by atoms with van der Waals surface area (Å²) >= 11 is 0. The van der Waals surface area contributed by atoms with E-state index in [9.17, 15) is 9.59 Å². The molecule has 0 aliphatic rings. The lowest BCUT2D eigenvalue weighted by molar-refractivity contribution is 0.593. The minimum atomic E-state index is -0.358. The topological polar surface area (TPSA) is 95.8 Å². The lowest BCUT2D eigenvalue weighted by Gasteiger charge is -2.07. The zero-order chi connectivity index (χ0) is 13.1. The third-order valence-electron chi connectivity index (χ3n) is 2.53. The van der Waals surface area contributed by atoms with Crippen molar-refractivity contribution in [3.63, 3.8) is 0 Å². The number of hydrogen-bond donors (Lipinski definition) is 1. The second-order valence-corrected chi connectivity index (χ2v) is 3.74. The molecule has 0 spiro atoms. The molecule has 0 aromatic carbocycles. The molecular formula is C11H13N5O2. The Bertz CT molecular complexity index is 656. The molecule has 0 bridgehead atoms. The minimum absolute atomic E-state index is 0.0891. The first-order valence-electron chi connectivity index (χ1n) is 5.48. The summed E-state index contributed by atoms with van der Waals surface area (Å²) in [5, 5.41) is 0. The molecule has 0 aliphatic heterocycles. The molecule has 18 heavy (non-hydrogen) atoms. The van der Waals surface area contributed by atoms with Crippen LogP contribution in [0.25, 0.3) is 0 Å². The van der Waals surface area contributed by atoms with Crippen LogP contribution < -0.4 is 17.0 Å². The van der Waals surface area contributed by atoms with Gasteiger partial charge in [0, 0.05) is 18.8 Å². The Morgan fingerprint density at radius 2 is 2.06 bits per heavy atom. The lowest BCUT2D eigenvalue weighted by Crippen LogP contribution is -2.39. The number of nitrogen functional groups attached to an aromatic ring is 1. The normalized spacial score (nSPS) is 10.5. The van der Waals surface area contributed by atoms with Gasteiger partial charge in [-0.2, -0.15) is 0 Å². The van der Waals surface area contributed by atoms with Gasteiger partial charge < -0.3 is 10.3 Å². The third kappa shape index (κ3) is 2.29. The first-order chi connectivity index (χ1) is 8.61. The molecule has 2 heterocycles. The molecule has 0 radical (unpaired) electrons. The molecule has 2 rings (SSSR count). The van der Waals surface area contributed by atoms with Gasteiger partial charge in [0.15, 0.2) is 0 Å². The standard InChI is InChI=1S/C11H13N5O2/c1-2-15-4-3-10(17)16(11(15)18)7-8-5-14-9(12)6-13-8/h3-6H,2,7H2,1H3,(H2,12,14). The number of nitrogens with zero attached hydrogens (tertiary/aromatic N) is 4. The summed E-state index contributed by atoms with van der Waals surface area (Å²) in [7, 11) is 0. The van der Waals surface area contributed by atoms with Crippen LogP contribution in [0.2, 0.25) is 0 Å². The van der Waals surface area contributed by atoms with E-state index in [1.165, 1.54) is 29.2 Å². The number of hydrogen-bond acceptors (Lipinski definition) is 5. The van der Waals surface area contributed by atoms with Crippen molar-refractivity contribution in [1.82, 2.24) is 19.1 Å². The van der Waals surface area contributed by atoms with Crippen LogP contribution >= 0.6 is 0 Å². The molecule has 2 aromatic heterocycles. The summed E-state index contributed by atoms with van der Waals surface area (Å²) in [6.07, 6.45) is 4.32. The maximum absolute atomic E-state index is 11.9. The van der Waals surface area contributed by atoms with Crippen molar-refractivity contribution in [3.05, 3.63) is 51.2 Å². The average Bonchev–Trinajstić information content (AvgIpc) is 2.37. The first kappa shape index (κ1) is 12.0. The molecule has 0 fully saturated rings. The second kappa shape index (κ2) is 4.82. The molecule has 7 nitrogen and oxygen atoms in total. The molecule has 2 N–H and O–H groups in total. The highest BCUT2D eigenvalue weighted by Gasteiger charge is 2.06. The Kier molecular flexibility index (Phi) is 3.22. The van der Waals surface area contributed by atoms with E-state index in [0.29, 0.717) is 18.1 Å². The van der Waals surface area contributed by atoms with E-state index < -0.39 is 0 Å². The molecule has 0 atom stereocenters. The van der Waals surface area contributed by atoms with Gasteiger partial charge in [0.1, 0.15) is 5.82 Å². The molecule has 0 unspecified atom stereocenters. The van der Waals surface area contributed by atoms with E-state index >= 15 is 0 Å². The molecule has 2 aromatic rings. The van der Waals surface area contributed by atoms with Crippen molar-refractivity contribution in [1.29, 1.82) is 0 Å². The monoisotopic (exact) mass is 247 g/mol. The summed E-state index contributed by atoms with van der Waals surface area (Å²) in [4.78, 5) is 31.5. The van der Waals surface area contributed by atoms with Crippen molar-refractivity contribution >= 4 is 5.82 Å². The van der Waals surface area contributed by atoms with Crippen LogP contribution in [-0.2, 0) is 13.1 Å². The predicted octanol–water partition coefficient (Wildman–Crippen LogP) is -0.550. The summed E-state index contributed by atoms with van der Waals surface area (Å²) in [5.74, 6) is 0.296. The van der Waals surface area contributed by atoms with Crippen molar-refractivity contribution in [2.45, 2.75) is 20.0 Å². The van der Waals surface area contributed by atoms with Crippen LogP contribution in [0.3, 0.4) is 0 Å². The summed E-state index contributed by atoms with van der Waals surface area (Å²) in [6.45, 7) is 2.43. The van der Waals surface area contributed by atoms with Crippen LogP contribution in [0.4, 0.5) is 5.82 Å². The van der Waals surface area contributed by atoms with E-state index in [0.717, 1.165) is 4.57 Å². The van der Waals surface area contributed by atoms with Gasteiger partial charge in [-0.15, -0.1) is 0 Å². The summed E-state index contributed by atoms with van der Waals surface area (Å²) in [6, 6.07) is 1.36. The van der Waals surface area contributed by atoms with Gasteiger partial charge in [0.05, 0.1) is 24.6 Å². The smallest absolute Gasteiger partial charge is 0.331 e. The van der Waals surface area contributed by atoms with E-state index in [1.54, 1.807) is 0 Å². The van der Waals surface area contributed by atoms with E-state index in [4.69, 9.17) is 5.73 Å². The average molecular weight is 247 g/mol. The van der Waals surface area contributed by atoms with Gasteiger partial charge >= 0.3 is 5.69 Å². The van der Waals surface area contributed by atoms with E-state index in [2.05, 4.69) is 9.97 Å². The highest BCUT2D eigenvalue weighted by atomic mass is 16.2. The largest absolute Gasteiger partial charge is 0.382 e. The summed E-state index contributed by atoms with van der Waals surface area (Å²) in [5.41, 5.74) is 5.21. The molecular weight excluding hydrogens is 234 g/mol. The van der Waals surface area contributed by atoms with Crippen molar-refractivity contribution in [3.8, 4) is 0 Å². The third-order valence-corrected chi connectivity index (χ3v) is 2.53. The fourth-order valence-electron chi connectivity index (χ4n) is 1.55. The van der Waals surface area contributed by atoms with Crippen molar-refractivity contribution in [2.24, 2.45) is 0 Å². The first-order valence-corrected chi connectivity index (χ1v) is 5.48. The van der Waals surface area contributed by atoms with Crippen LogP contribution in [-0.4, -0.2) is 19.1 Å². The van der Waals surface area contributed by atoms with Crippen molar-refractivity contribution in [2.75, 3.05) is 5.73 Å². The Morgan fingerprint density at radius 1 is 1.28 bits per heavy atom. The Morgan fingerprint density at radius 3 is 2.67 bits per heavy atom. The number of anilines is 1.